The normalized spacial score (nSPS) is 12.8. The van der Waals surface area contributed by atoms with E-state index >= 15 is 0 Å². The standard InChI is InChI=1S/C18H16N2O5/c1-24-15-5-3-2-4-13(15)19-17(22)9-20-14-8-12(10-21)6-7-16(14)25-11-18(20)23/h2-8,10H,9,11H2,1H3,(H,19,22). The molecule has 0 saturated heterocycles. The minimum atomic E-state index is -0.387. The lowest BCUT2D eigenvalue weighted by atomic mass is 10.1. The maximum absolute atomic E-state index is 12.4. The third-order valence-electron chi connectivity index (χ3n) is 3.74. The van der Waals surface area contributed by atoms with Crippen molar-refractivity contribution < 1.29 is 23.9 Å². The molecule has 0 bridgehead atoms. The largest absolute Gasteiger partial charge is 0.495 e. The van der Waals surface area contributed by atoms with Crippen molar-refractivity contribution in [2.45, 2.75) is 0 Å². The van der Waals surface area contributed by atoms with Gasteiger partial charge in [0.1, 0.15) is 24.3 Å². The van der Waals surface area contributed by atoms with Crippen molar-refractivity contribution in [2.75, 3.05) is 30.5 Å². The van der Waals surface area contributed by atoms with Crippen LogP contribution in [-0.2, 0) is 9.59 Å². The van der Waals surface area contributed by atoms with Crippen molar-refractivity contribution in [3.05, 3.63) is 48.0 Å². The van der Waals surface area contributed by atoms with Gasteiger partial charge in [0.2, 0.25) is 5.91 Å². The van der Waals surface area contributed by atoms with Gasteiger partial charge in [0.05, 0.1) is 18.5 Å². The van der Waals surface area contributed by atoms with Gasteiger partial charge in [-0.25, -0.2) is 0 Å². The van der Waals surface area contributed by atoms with Gasteiger partial charge in [-0.05, 0) is 30.3 Å². The average molecular weight is 340 g/mol. The smallest absolute Gasteiger partial charge is 0.265 e. The highest BCUT2D eigenvalue weighted by Crippen LogP contribution is 2.32. The van der Waals surface area contributed by atoms with Crippen molar-refractivity contribution in [3.63, 3.8) is 0 Å². The Balaban J connectivity index is 1.81. The maximum atomic E-state index is 12.4. The molecule has 2 aromatic rings. The summed E-state index contributed by atoms with van der Waals surface area (Å²) in [5.74, 6) is 0.232. The van der Waals surface area contributed by atoms with E-state index in [1.807, 2.05) is 0 Å². The zero-order valence-corrected chi connectivity index (χ0v) is 13.5. The van der Waals surface area contributed by atoms with Crippen LogP contribution in [0.25, 0.3) is 0 Å². The van der Waals surface area contributed by atoms with Crippen LogP contribution >= 0.6 is 0 Å². The molecule has 0 spiro atoms. The number of methoxy groups -OCH3 is 1. The molecule has 1 aliphatic rings. The zero-order chi connectivity index (χ0) is 17.8. The highest BCUT2D eigenvalue weighted by atomic mass is 16.5. The van der Waals surface area contributed by atoms with E-state index in [2.05, 4.69) is 5.32 Å². The van der Waals surface area contributed by atoms with Crippen molar-refractivity contribution >= 4 is 29.5 Å². The summed E-state index contributed by atoms with van der Waals surface area (Å²) in [6.45, 7) is -0.356. The van der Waals surface area contributed by atoms with Crippen LogP contribution in [0.1, 0.15) is 10.4 Å². The number of nitrogens with one attached hydrogen (secondary N) is 1. The molecule has 2 amide bonds. The van der Waals surface area contributed by atoms with E-state index in [0.717, 1.165) is 0 Å². The number of aldehydes is 1. The van der Waals surface area contributed by atoms with E-state index in [-0.39, 0.29) is 25.0 Å². The number of carbonyl (C=O) groups is 3. The van der Waals surface area contributed by atoms with Crippen LogP contribution in [0.15, 0.2) is 42.5 Å². The lowest BCUT2D eigenvalue weighted by Crippen LogP contribution is -2.43. The van der Waals surface area contributed by atoms with Crippen LogP contribution in [0, 0.1) is 0 Å². The van der Waals surface area contributed by atoms with E-state index in [1.165, 1.54) is 18.1 Å². The number of para-hydroxylation sites is 2. The molecule has 1 N–H and O–H groups in total. The van der Waals surface area contributed by atoms with Gasteiger partial charge in [-0.3, -0.25) is 19.3 Å². The van der Waals surface area contributed by atoms with Crippen LogP contribution in [0.5, 0.6) is 11.5 Å². The fourth-order valence-electron chi connectivity index (χ4n) is 2.55. The number of ether oxygens (including phenoxy) is 2. The molecule has 0 atom stereocenters. The molecule has 7 nitrogen and oxygen atoms in total. The Morgan fingerprint density at radius 3 is 2.88 bits per heavy atom. The third kappa shape index (κ3) is 3.45. The first-order chi connectivity index (χ1) is 12.1. The highest BCUT2D eigenvalue weighted by Gasteiger charge is 2.27. The number of anilines is 2. The van der Waals surface area contributed by atoms with Gasteiger partial charge in [0.15, 0.2) is 6.61 Å². The Hall–Kier alpha value is -3.35. The van der Waals surface area contributed by atoms with E-state index in [0.29, 0.717) is 34.7 Å². The summed E-state index contributed by atoms with van der Waals surface area (Å²) in [5, 5.41) is 2.72. The number of hydrogen-bond acceptors (Lipinski definition) is 5. The summed E-state index contributed by atoms with van der Waals surface area (Å²) in [7, 11) is 1.51. The van der Waals surface area contributed by atoms with Crippen LogP contribution in [-0.4, -0.2) is 38.4 Å². The van der Waals surface area contributed by atoms with Gasteiger partial charge in [-0.15, -0.1) is 0 Å². The number of carbonyl (C=O) groups excluding carboxylic acids is 3. The molecule has 1 aliphatic heterocycles. The molecule has 25 heavy (non-hydrogen) atoms. The summed E-state index contributed by atoms with van der Waals surface area (Å²) in [4.78, 5) is 36.8. The molecule has 0 saturated carbocycles. The third-order valence-corrected chi connectivity index (χ3v) is 3.74. The summed E-state index contributed by atoms with van der Waals surface area (Å²) in [6.07, 6.45) is 0.673. The van der Waals surface area contributed by atoms with E-state index in [9.17, 15) is 14.4 Å². The Kier molecular flexibility index (Phi) is 4.65. The van der Waals surface area contributed by atoms with Crippen LogP contribution in [0.4, 0.5) is 11.4 Å². The van der Waals surface area contributed by atoms with Gasteiger partial charge in [0.25, 0.3) is 5.91 Å². The fraction of sp³-hybridized carbons (Fsp3) is 0.167. The van der Waals surface area contributed by atoms with Crippen LogP contribution < -0.4 is 19.7 Å². The molecule has 0 radical (unpaired) electrons. The Bertz CT molecular complexity index is 834. The topological polar surface area (TPSA) is 84.9 Å². The molecular weight excluding hydrogens is 324 g/mol. The van der Waals surface area contributed by atoms with Crippen LogP contribution in [0.3, 0.4) is 0 Å². The van der Waals surface area contributed by atoms with Gasteiger partial charge in [-0.1, -0.05) is 12.1 Å². The van der Waals surface area contributed by atoms with Crippen molar-refractivity contribution in [1.82, 2.24) is 0 Å². The molecule has 0 fully saturated rings. The molecule has 128 valence electrons. The summed E-state index contributed by atoms with van der Waals surface area (Å²) in [6, 6.07) is 11.7. The number of benzene rings is 2. The SMILES string of the molecule is COc1ccccc1NC(=O)CN1C(=O)COc2ccc(C=O)cc21. The highest BCUT2D eigenvalue weighted by molar-refractivity contribution is 6.05. The summed E-state index contributed by atoms with van der Waals surface area (Å²) in [5.41, 5.74) is 1.31. The lowest BCUT2D eigenvalue weighted by molar-refractivity contribution is -0.123. The summed E-state index contributed by atoms with van der Waals surface area (Å²) >= 11 is 0. The number of nitrogens with zero attached hydrogens (tertiary/aromatic N) is 1. The molecule has 0 aliphatic carbocycles. The molecule has 3 rings (SSSR count). The lowest BCUT2D eigenvalue weighted by Gasteiger charge is -2.29. The Morgan fingerprint density at radius 1 is 1.32 bits per heavy atom. The van der Waals surface area contributed by atoms with Gasteiger partial charge in [-0.2, -0.15) is 0 Å². The number of fused-ring (bicyclic) bond motifs is 1. The quantitative estimate of drug-likeness (QED) is 0.840. The molecule has 0 aromatic heterocycles. The Labute approximate surface area is 144 Å². The van der Waals surface area contributed by atoms with Crippen molar-refractivity contribution in [3.8, 4) is 11.5 Å². The maximum Gasteiger partial charge on any atom is 0.265 e. The molecule has 7 heteroatoms. The van der Waals surface area contributed by atoms with Gasteiger partial charge < -0.3 is 14.8 Å². The number of rotatable bonds is 5. The van der Waals surface area contributed by atoms with E-state index in [4.69, 9.17) is 9.47 Å². The summed E-state index contributed by atoms with van der Waals surface area (Å²) < 4.78 is 10.5. The molecule has 0 unspecified atom stereocenters. The van der Waals surface area contributed by atoms with E-state index < -0.39 is 0 Å². The Morgan fingerprint density at radius 2 is 2.12 bits per heavy atom. The first-order valence-corrected chi connectivity index (χ1v) is 7.57. The van der Waals surface area contributed by atoms with Crippen LogP contribution in [0.2, 0.25) is 0 Å². The minimum absolute atomic E-state index is 0.157. The second kappa shape index (κ2) is 7.04. The van der Waals surface area contributed by atoms with Gasteiger partial charge in [0, 0.05) is 5.56 Å². The predicted octanol–water partition coefficient (Wildman–Crippen LogP) is 1.87. The van der Waals surface area contributed by atoms with Crippen molar-refractivity contribution in [1.29, 1.82) is 0 Å². The fourth-order valence-corrected chi connectivity index (χ4v) is 2.55. The molecule has 2 aromatic carbocycles. The first-order valence-electron chi connectivity index (χ1n) is 7.57. The predicted molar refractivity (Wildman–Crippen MR) is 91.3 cm³/mol. The molecule has 1 heterocycles. The number of hydrogen-bond donors (Lipinski definition) is 1. The zero-order valence-electron chi connectivity index (χ0n) is 13.5. The second-order valence-electron chi connectivity index (χ2n) is 5.36. The average Bonchev–Trinajstić information content (AvgIpc) is 2.64. The van der Waals surface area contributed by atoms with Gasteiger partial charge >= 0.3 is 0 Å². The van der Waals surface area contributed by atoms with Crippen molar-refractivity contribution in [2.24, 2.45) is 0 Å². The minimum Gasteiger partial charge on any atom is -0.495 e. The first kappa shape index (κ1) is 16.5. The number of amides is 2. The monoisotopic (exact) mass is 340 g/mol. The molecular formula is C18H16N2O5. The second-order valence-corrected chi connectivity index (χ2v) is 5.36. The van der Waals surface area contributed by atoms with E-state index in [1.54, 1.807) is 36.4 Å².